The molecule has 2 aliphatic heterocycles. The van der Waals surface area contributed by atoms with Gasteiger partial charge < -0.3 is 14.8 Å². The van der Waals surface area contributed by atoms with Gasteiger partial charge in [0.1, 0.15) is 11.5 Å². The molecule has 2 atom stereocenters. The molecule has 0 spiro atoms. The van der Waals surface area contributed by atoms with E-state index < -0.39 is 0 Å². The predicted octanol–water partition coefficient (Wildman–Crippen LogP) is 3.33. The largest absolute Gasteiger partial charge is 0.496 e. The van der Waals surface area contributed by atoms with Gasteiger partial charge in [-0.3, -0.25) is 0 Å². The molecule has 0 fully saturated rings. The van der Waals surface area contributed by atoms with Crippen LogP contribution < -0.4 is 14.8 Å². The molecule has 0 saturated heterocycles. The summed E-state index contributed by atoms with van der Waals surface area (Å²) in [5.41, 5.74) is 4.28. The fourth-order valence-electron chi connectivity index (χ4n) is 4.40. The number of fused-ring (bicyclic) bond motifs is 4. The first-order chi connectivity index (χ1) is 13.1. The number of benzene rings is 2. The predicted molar refractivity (Wildman–Crippen MR) is 101 cm³/mol. The summed E-state index contributed by atoms with van der Waals surface area (Å²) in [7, 11) is 1.71. The van der Waals surface area contributed by atoms with E-state index in [4.69, 9.17) is 9.47 Å². The number of anilines is 1. The van der Waals surface area contributed by atoms with Gasteiger partial charge >= 0.3 is 0 Å². The number of nitrogens with zero attached hydrogens (tertiary/aromatic N) is 3. The molecule has 7 heteroatoms. The van der Waals surface area contributed by atoms with Gasteiger partial charge in [0.15, 0.2) is 0 Å². The number of rotatable bonds is 2. The average Bonchev–Trinajstić information content (AvgIpc) is 3.22. The van der Waals surface area contributed by atoms with Crippen molar-refractivity contribution in [2.75, 3.05) is 19.0 Å². The van der Waals surface area contributed by atoms with E-state index >= 15 is 0 Å². The Labute approximate surface area is 157 Å². The highest BCUT2D eigenvalue weighted by Gasteiger charge is 2.47. The van der Waals surface area contributed by atoms with Crippen LogP contribution in [0.1, 0.15) is 31.0 Å². The maximum Gasteiger partial charge on any atom is 0.204 e. The number of nitrogens with one attached hydrogen (secondary N) is 2. The molecule has 7 nitrogen and oxygen atoms in total. The maximum atomic E-state index is 6.13. The maximum absolute atomic E-state index is 6.13. The molecule has 5 rings (SSSR count). The molecular weight excluding hydrogens is 342 g/mol. The number of hydrogen-bond donors (Lipinski definition) is 2. The Morgan fingerprint density at radius 1 is 1.22 bits per heavy atom. The van der Waals surface area contributed by atoms with Crippen LogP contribution in [0.3, 0.4) is 0 Å². The van der Waals surface area contributed by atoms with Crippen LogP contribution in [0.25, 0.3) is 11.4 Å². The molecule has 0 radical (unpaired) electrons. The van der Waals surface area contributed by atoms with Crippen molar-refractivity contribution < 1.29 is 9.47 Å². The lowest BCUT2D eigenvalue weighted by atomic mass is 9.65. The summed E-state index contributed by atoms with van der Waals surface area (Å²) >= 11 is 0. The summed E-state index contributed by atoms with van der Waals surface area (Å²) < 4.78 is 11.8. The minimum absolute atomic E-state index is 0.108. The summed E-state index contributed by atoms with van der Waals surface area (Å²) in [6.07, 6.45) is 0. The lowest BCUT2D eigenvalue weighted by molar-refractivity contribution is 0.133. The van der Waals surface area contributed by atoms with Crippen molar-refractivity contribution >= 4 is 5.69 Å². The van der Waals surface area contributed by atoms with Gasteiger partial charge in [-0.1, -0.05) is 19.9 Å². The highest BCUT2D eigenvalue weighted by Crippen LogP contribution is 2.54. The topological polar surface area (TPSA) is 85.0 Å². The molecule has 0 amide bonds. The zero-order valence-electron chi connectivity index (χ0n) is 15.5. The van der Waals surface area contributed by atoms with Crippen LogP contribution in [0.4, 0.5) is 5.69 Å². The second kappa shape index (κ2) is 5.70. The van der Waals surface area contributed by atoms with Crippen molar-refractivity contribution in [3.63, 3.8) is 0 Å². The smallest absolute Gasteiger partial charge is 0.204 e. The van der Waals surface area contributed by atoms with Gasteiger partial charge in [-0.25, -0.2) is 0 Å². The van der Waals surface area contributed by atoms with Crippen molar-refractivity contribution in [3.8, 4) is 22.9 Å². The van der Waals surface area contributed by atoms with Crippen molar-refractivity contribution in [2.45, 2.75) is 25.3 Å². The molecule has 2 aliphatic rings. The minimum atomic E-state index is -0.108. The Hall–Kier alpha value is -3.09. The third-order valence-corrected chi connectivity index (χ3v) is 5.93. The van der Waals surface area contributed by atoms with E-state index in [9.17, 15) is 0 Å². The molecule has 0 saturated carbocycles. The van der Waals surface area contributed by atoms with E-state index in [1.54, 1.807) is 7.11 Å². The number of aromatic amines is 1. The third-order valence-electron chi connectivity index (χ3n) is 5.93. The van der Waals surface area contributed by atoms with E-state index in [1.165, 1.54) is 5.56 Å². The summed E-state index contributed by atoms with van der Waals surface area (Å²) in [5, 5.41) is 18.1. The van der Waals surface area contributed by atoms with E-state index in [-0.39, 0.29) is 17.4 Å². The van der Waals surface area contributed by atoms with E-state index in [0.717, 1.165) is 28.3 Å². The van der Waals surface area contributed by atoms with E-state index in [2.05, 4.69) is 51.9 Å². The molecule has 138 valence electrons. The van der Waals surface area contributed by atoms with Crippen LogP contribution in [-0.4, -0.2) is 34.3 Å². The Balaban J connectivity index is 1.64. The number of ether oxygens (including phenoxy) is 2. The van der Waals surface area contributed by atoms with Crippen molar-refractivity contribution in [1.82, 2.24) is 20.6 Å². The number of tetrazole rings is 1. The quantitative estimate of drug-likeness (QED) is 0.726. The van der Waals surface area contributed by atoms with Crippen LogP contribution in [-0.2, 0) is 5.41 Å². The van der Waals surface area contributed by atoms with Gasteiger partial charge in [0.2, 0.25) is 5.82 Å². The van der Waals surface area contributed by atoms with Gasteiger partial charge in [0, 0.05) is 22.6 Å². The van der Waals surface area contributed by atoms with Crippen LogP contribution in [0, 0.1) is 5.92 Å². The minimum Gasteiger partial charge on any atom is -0.496 e. The van der Waals surface area contributed by atoms with Gasteiger partial charge in [0.25, 0.3) is 0 Å². The molecule has 0 aliphatic carbocycles. The Kier molecular flexibility index (Phi) is 3.40. The third kappa shape index (κ3) is 2.31. The second-order valence-corrected chi connectivity index (χ2v) is 7.63. The van der Waals surface area contributed by atoms with Crippen LogP contribution in [0.15, 0.2) is 36.4 Å². The first kappa shape index (κ1) is 16.1. The van der Waals surface area contributed by atoms with E-state index in [0.29, 0.717) is 12.4 Å². The van der Waals surface area contributed by atoms with Crippen LogP contribution in [0.2, 0.25) is 0 Å². The fourth-order valence-corrected chi connectivity index (χ4v) is 4.40. The van der Waals surface area contributed by atoms with Crippen molar-refractivity contribution in [3.05, 3.63) is 47.5 Å². The Morgan fingerprint density at radius 2 is 2.11 bits per heavy atom. The van der Waals surface area contributed by atoms with Gasteiger partial charge in [0.05, 0.1) is 25.3 Å². The molecule has 0 unspecified atom stereocenters. The first-order valence-corrected chi connectivity index (χ1v) is 9.04. The number of hydrogen-bond acceptors (Lipinski definition) is 6. The molecule has 1 aromatic heterocycles. The molecule has 2 aromatic carbocycles. The lowest BCUT2D eigenvalue weighted by Gasteiger charge is -2.48. The lowest BCUT2D eigenvalue weighted by Crippen LogP contribution is -2.46. The summed E-state index contributed by atoms with van der Waals surface area (Å²) in [6, 6.07) is 12.4. The number of H-pyrrole nitrogens is 1. The first-order valence-electron chi connectivity index (χ1n) is 9.04. The molecular formula is C20H21N5O2. The standard InChI is InChI=1S/C20H21N5O2/c1-20(2)12-9-11(19-22-24-25-23-19)7-8-14(12)21-18-13(20)10-27-16-6-4-5-15(26-3)17(16)18/h4-9,13,18,21H,10H2,1-3H3,(H,22,23,24,25)/t13-,18-/m1/s1. The van der Waals surface area contributed by atoms with Crippen molar-refractivity contribution in [2.24, 2.45) is 5.92 Å². The summed E-state index contributed by atoms with van der Waals surface area (Å²) in [6.45, 7) is 5.19. The number of methoxy groups -OCH3 is 1. The molecule has 2 N–H and O–H groups in total. The van der Waals surface area contributed by atoms with E-state index in [1.807, 2.05) is 24.3 Å². The van der Waals surface area contributed by atoms with Gasteiger partial charge in [-0.2, -0.15) is 5.21 Å². The highest BCUT2D eigenvalue weighted by atomic mass is 16.5. The SMILES string of the molecule is COc1cccc2c1[C@@H]1Nc3ccc(-c4nn[nH]n4)cc3C(C)(C)[C@@H]1CO2. The molecule has 3 aromatic rings. The van der Waals surface area contributed by atoms with Crippen LogP contribution >= 0.6 is 0 Å². The highest BCUT2D eigenvalue weighted by molar-refractivity contribution is 5.68. The average molecular weight is 363 g/mol. The van der Waals surface area contributed by atoms with Gasteiger partial charge in [-0.05, 0) is 41.1 Å². The summed E-state index contributed by atoms with van der Waals surface area (Å²) in [5.74, 6) is 2.61. The monoisotopic (exact) mass is 363 g/mol. The fraction of sp³-hybridized carbons (Fsp3) is 0.350. The second-order valence-electron chi connectivity index (χ2n) is 7.63. The van der Waals surface area contributed by atoms with Gasteiger partial charge in [-0.15, -0.1) is 10.2 Å². The summed E-state index contributed by atoms with van der Waals surface area (Å²) in [4.78, 5) is 0. The zero-order chi connectivity index (χ0) is 18.6. The zero-order valence-corrected chi connectivity index (χ0v) is 15.5. The van der Waals surface area contributed by atoms with Crippen molar-refractivity contribution in [1.29, 1.82) is 0 Å². The normalized spacial score (nSPS) is 21.9. The molecule has 0 bridgehead atoms. The molecule has 27 heavy (non-hydrogen) atoms. The number of aromatic nitrogens is 4. The Morgan fingerprint density at radius 3 is 2.89 bits per heavy atom. The molecule has 3 heterocycles. The Bertz CT molecular complexity index is 985. The van der Waals surface area contributed by atoms with Crippen LogP contribution in [0.5, 0.6) is 11.5 Å².